The van der Waals surface area contributed by atoms with Gasteiger partial charge in [0.25, 0.3) is 12.9 Å². The van der Waals surface area contributed by atoms with Crippen LogP contribution in [0.15, 0.2) is 17.3 Å². The van der Waals surface area contributed by atoms with Gasteiger partial charge in [-0.1, -0.05) is 0 Å². The van der Waals surface area contributed by atoms with Crippen molar-refractivity contribution in [2.24, 2.45) is 16.6 Å². The van der Waals surface area contributed by atoms with E-state index in [1.807, 2.05) is 0 Å². The molecule has 0 aromatic heterocycles. The molecule has 1 fully saturated rings. The molecule has 2 aliphatic rings. The fourth-order valence-electron chi connectivity index (χ4n) is 2.74. The lowest BCUT2D eigenvalue weighted by atomic mass is 10.1. The number of rotatable bonds is 6. The maximum absolute atomic E-state index is 12.2. The van der Waals surface area contributed by atoms with Gasteiger partial charge in [0.05, 0.1) is 19.3 Å². The molecule has 3 N–H and O–H groups in total. The SMILES string of the molecule is C=[N+]=C[C@H](C(=O)OC[C@@H]1CC[C@H]([N+]2(C)C=CC(N)=NC2=O)O1)[C@H](C)O. The summed E-state index contributed by atoms with van der Waals surface area (Å²) in [5.41, 5.74) is 5.53. The molecule has 0 radical (unpaired) electrons. The maximum Gasteiger partial charge on any atom is 0.451 e. The maximum atomic E-state index is 12.2. The second kappa shape index (κ2) is 7.71. The standard InChI is InChI=1S/C16H23N4O5/c1-10(21)12(8-18-2)15(22)24-9-11-4-5-14(25-11)20(3)7-6-13(17)19-16(20)23/h6-8,10-12,14,21H,2,4-5,9H2,1,3H3,(H-,17,19,23)/q+1/p+1/t10-,11-,12-,14+,20?/m0/s1. The van der Waals surface area contributed by atoms with E-state index in [9.17, 15) is 14.7 Å². The molecule has 136 valence electrons. The Hall–Kier alpha value is -2.32. The van der Waals surface area contributed by atoms with Crippen molar-refractivity contribution in [1.29, 1.82) is 0 Å². The zero-order valence-corrected chi connectivity index (χ0v) is 14.4. The summed E-state index contributed by atoms with van der Waals surface area (Å²) in [4.78, 5) is 27.9. The van der Waals surface area contributed by atoms with E-state index >= 15 is 0 Å². The number of quaternary nitrogens is 1. The first-order valence-corrected chi connectivity index (χ1v) is 8.01. The highest BCUT2D eigenvalue weighted by Gasteiger charge is 2.46. The zero-order chi connectivity index (χ0) is 18.6. The van der Waals surface area contributed by atoms with Crippen molar-refractivity contribution in [2.75, 3.05) is 13.7 Å². The molecule has 0 spiro atoms. The van der Waals surface area contributed by atoms with Crippen LogP contribution in [0, 0.1) is 5.92 Å². The molecule has 0 bridgehead atoms. The summed E-state index contributed by atoms with van der Waals surface area (Å²) in [5, 5.41) is 9.58. The average Bonchev–Trinajstić information content (AvgIpc) is 3.03. The van der Waals surface area contributed by atoms with Gasteiger partial charge in [-0.2, -0.15) is 4.48 Å². The van der Waals surface area contributed by atoms with Crippen molar-refractivity contribution < 1.29 is 28.7 Å². The van der Waals surface area contributed by atoms with Crippen molar-refractivity contribution in [3.8, 4) is 0 Å². The number of ether oxygens (including phenoxy) is 2. The van der Waals surface area contributed by atoms with Gasteiger partial charge in [-0.3, -0.25) is 4.79 Å². The molecule has 9 heteroatoms. The van der Waals surface area contributed by atoms with E-state index in [1.54, 1.807) is 19.3 Å². The molecule has 2 rings (SSSR count). The summed E-state index contributed by atoms with van der Waals surface area (Å²) >= 11 is 0. The predicted octanol–water partition coefficient (Wildman–Crippen LogP) is -0.679. The van der Waals surface area contributed by atoms with Gasteiger partial charge in [-0.05, 0) is 13.3 Å². The number of aliphatic hydroxyl groups is 1. The number of urea groups is 1. The molecule has 5 atom stereocenters. The first-order valence-electron chi connectivity index (χ1n) is 8.01. The molecule has 0 aromatic carbocycles. The van der Waals surface area contributed by atoms with Crippen LogP contribution in [0.25, 0.3) is 0 Å². The molecule has 9 nitrogen and oxygen atoms in total. The molecule has 1 saturated heterocycles. The zero-order valence-electron chi connectivity index (χ0n) is 14.4. The molecule has 25 heavy (non-hydrogen) atoms. The Balaban J connectivity index is 1.91. The van der Waals surface area contributed by atoms with Crippen LogP contribution in [0.3, 0.4) is 0 Å². The van der Waals surface area contributed by atoms with Crippen LogP contribution >= 0.6 is 0 Å². The summed E-state index contributed by atoms with van der Waals surface area (Å²) in [5.74, 6) is -1.30. The number of hydrogen-bond acceptors (Lipinski definition) is 6. The number of hydrogen-bond donors (Lipinski definition) is 2. The summed E-state index contributed by atoms with van der Waals surface area (Å²) in [6.45, 7) is 4.78. The number of aliphatic imine (C=N–C) groups is 1. The van der Waals surface area contributed by atoms with E-state index < -0.39 is 30.3 Å². The summed E-state index contributed by atoms with van der Waals surface area (Å²) in [7, 11) is 1.70. The van der Waals surface area contributed by atoms with Crippen LogP contribution in [0.5, 0.6) is 0 Å². The van der Waals surface area contributed by atoms with Crippen molar-refractivity contribution in [2.45, 2.75) is 38.2 Å². The Kier molecular flexibility index (Phi) is 5.86. The predicted molar refractivity (Wildman–Crippen MR) is 91.7 cm³/mol. The molecule has 0 aliphatic carbocycles. The number of aliphatic hydroxyl groups excluding tert-OH is 1. The third-order valence-corrected chi connectivity index (χ3v) is 4.34. The highest BCUT2D eigenvalue weighted by molar-refractivity contribution is 5.99. The van der Waals surface area contributed by atoms with E-state index in [4.69, 9.17) is 15.2 Å². The van der Waals surface area contributed by atoms with Crippen molar-refractivity contribution >= 4 is 30.8 Å². The van der Waals surface area contributed by atoms with Gasteiger partial charge in [0, 0.05) is 12.5 Å². The van der Waals surface area contributed by atoms with Gasteiger partial charge in [-0.25, -0.2) is 4.79 Å². The quantitative estimate of drug-likeness (QED) is 0.282. The normalized spacial score (nSPS) is 31.0. The largest absolute Gasteiger partial charge is 0.462 e. The highest BCUT2D eigenvalue weighted by atomic mass is 16.6. The lowest BCUT2D eigenvalue weighted by Gasteiger charge is -2.32. The second-order valence-corrected chi connectivity index (χ2v) is 6.30. The Bertz CT molecular complexity index is 653. The molecular formula is C16H24N4O5+2. The Morgan fingerprint density at radius 2 is 2.40 bits per heavy atom. The molecule has 1 unspecified atom stereocenters. The fraction of sp³-hybridized carbons (Fsp3) is 0.562. The molecule has 2 aliphatic heterocycles. The van der Waals surface area contributed by atoms with Crippen molar-refractivity contribution in [1.82, 2.24) is 4.67 Å². The van der Waals surface area contributed by atoms with E-state index in [0.717, 1.165) is 0 Å². The minimum absolute atomic E-state index is 0.0346. The number of esters is 1. The molecule has 0 aromatic rings. The highest BCUT2D eigenvalue weighted by Crippen LogP contribution is 2.30. The van der Waals surface area contributed by atoms with Gasteiger partial charge in [0.2, 0.25) is 6.23 Å². The number of nitrogens with zero attached hydrogens (tertiary/aromatic N) is 3. The smallest absolute Gasteiger partial charge is 0.451 e. The number of amides is 2. The molecular weight excluding hydrogens is 328 g/mol. The minimum atomic E-state index is -0.931. The number of nitrogens with two attached hydrogens (primary N) is 1. The van der Waals surface area contributed by atoms with Crippen LogP contribution in [0.2, 0.25) is 0 Å². The van der Waals surface area contributed by atoms with Crippen LogP contribution in [0.1, 0.15) is 19.8 Å². The third kappa shape index (κ3) is 4.21. The Labute approximate surface area is 145 Å². The van der Waals surface area contributed by atoms with Gasteiger partial charge in [-0.15, -0.1) is 9.66 Å². The van der Waals surface area contributed by atoms with Crippen molar-refractivity contribution in [3.63, 3.8) is 0 Å². The number of amidine groups is 1. The van der Waals surface area contributed by atoms with Gasteiger partial charge >= 0.3 is 12.0 Å². The number of carbonyl (C=O) groups is 2. The first-order chi connectivity index (χ1) is 11.8. The summed E-state index contributed by atoms with van der Waals surface area (Å²) in [6.07, 6.45) is 4.04. The van der Waals surface area contributed by atoms with Crippen LogP contribution < -0.4 is 10.4 Å². The second-order valence-electron chi connectivity index (χ2n) is 6.30. The lowest BCUT2D eigenvalue weighted by molar-refractivity contribution is -0.830. The van der Waals surface area contributed by atoms with E-state index in [-0.39, 0.29) is 23.0 Å². The molecule has 2 amide bonds. The lowest BCUT2D eigenvalue weighted by Crippen LogP contribution is -2.53. The van der Waals surface area contributed by atoms with Gasteiger partial charge in [0.15, 0.2) is 5.92 Å². The monoisotopic (exact) mass is 352 g/mol. The number of carbonyl (C=O) groups excluding carboxylic acids is 2. The van der Waals surface area contributed by atoms with E-state index in [2.05, 4.69) is 16.4 Å². The topological polar surface area (TPSA) is 125 Å². The van der Waals surface area contributed by atoms with Crippen LogP contribution in [0.4, 0.5) is 4.79 Å². The Morgan fingerprint density at radius 3 is 3.00 bits per heavy atom. The van der Waals surface area contributed by atoms with Crippen LogP contribution in [-0.2, 0) is 14.3 Å². The molecule has 0 saturated carbocycles. The molecule has 2 heterocycles. The third-order valence-electron chi connectivity index (χ3n) is 4.34. The van der Waals surface area contributed by atoms with E-state index in [0.29, 0.717) is 12.8 Å². The van der Waals surface area contributed by atoms with Gasteiger partial charge < -0.3 is 20.3 Å². The summed E-state index contributed by atoms with van der Waals surface area (Å²) < 4.78 is 14.5. The Morgan fingerprint density at radius 1 is 1.68 bits per heavy atom. The van der Waals surface area contributed by atoms with E-state index in [1.165, 1.54) is 13.1 Å². The van der Waals surface area contributed by atoms with Crippen molar-refractivity contribution in [3.05, 3.63) is 12.3 Å². The minimum Gasteiger partial charge on any atom is -0.462 e. The fourth-order valence-corrected chi connectivity index (χ4v) is 2.74. The van der Waals surface area contributed by atoms with Gasteiger partial charge in [0.1, 0.15) is 18.6 Å². The average molecular weight is 352 g/mol. The first kappa shape index (κ1) is 19.0. The van der Waals surface area contributed by atoms with Crippen LogP contribution in [-0.4, -0.2) is 72.4 Å². The summed E-state index contributed by atoms with van der Waals surface area (Å²) in [6, 6.07) is -0.400.